The number of hydrogen-bond donors (Lipinski definition) is 0. The maximum Gasteiger partial charge on any atom is 0.148 e. The zero-order valence-corrected chi connectivity index (χ0v) is 10.4. The lowest BCUT2D eigenvalue weighted by atomic mass is 9.28. The fourth-order valence-corrected chi connectivity index (χ4v) is 2.50. The van der Waals surface area contributed by atoms with Crippen LogP contribution in [0, 0.1) is 0 Å². The van der Waals surface area contributed by atoms with Crippen LogP contribution in [0.15, 0.2) is 0 Å². The maximum atomic E-state index is 2.42. The van der Waals surface area contributed by atoms with Gasteiger partial charge in [0, 0.05) is 1.43 Å². The normalized spacial score (nSPS) is 18.0. The summed E-state index contributed by atoms with van der Waals surface area (Å²) >= 11 is 0. The molecule has 0 spiro atoms. The van der Waals surface area contributed by atoms with Gasteiger partial charge in [-0.15, -0.1) is 0 Å². The summed E-state index contributed by atoms with van der Waals surface area (Å²) < 4.78 is 0. The van der Waals surface area contributed by atoms with Crippen molar-refractivity contribution < 1.29 is 1.43 Å². The summed E-state index contributed by atoms with van der Waals surface area (Å²) in [5.74, 6) is 2.68. The first-order valence-corrected chi connectivity index (χ1v) is 6.08. The molecule has 0 amide bonds. The van der Waals surface area contributed by atoms with Crippen LogP contribution in [0.1, 0.15) is 62.2 Å². The predicted octanol–water partition coefficient (Wildman–Crippen LogP) is 5.13. The molecule has 0 radical (unpaired) electrons. The number of rotatable bonds is 6. The van der Waals surface area contributed by atoms with E-state index in [0.29, 0.717) is 0 Å². The molecule has 0 bridgehead atoms. The molecule has 0 fully saturated rings. The minimum atomic E-state index is 0. The van der Waals surface area contributed by atoms with E-state index in [1.165, 1.54) is 19.3 Å². The smallest absolute Gasteiger partial charge is 0.0691 e. The first-order chi connectivity index (χ1) is 6.08. The molecule has 0 N–H and O–H groups in total. The molecule has 0 aliphatic carbocycles. The van der Waals surface area contributed by atoms with Gasteiger partial charge in [-0.05, 0) is 0 Å². The standard InChI is InChI=1S/C12H27B.H2/c1-7-10(4)13(11(5)8-2)12(6)9-3;/h10-12H,7-9H2,1-6H3;1H. The molecule has 3 unspecified atom stereocenters. The zero-order chi connectivity index (χ0) is 10.4. The molecule has 80 valence electrons. The highest BCUT2D eigenvalue weighted by atomic mass is 14.1. The van der Waals surface area contributed by atoms with E-state index in [-0.39, 0.29) is 1.43 Å². The average Bonchev–Trinajstić information content (AvgIpc) is 2.16. The highest BCUT2D eigenvalue weighted by Crippen LogP contribution is 2.35. The molecule has 0 heterocycles. The molecule has 0 saturated carbocycles. The summed E-state index contributed by atoms with van der Waals surface area (Å²) in [7, 11) is 0. The van der Waals surface area contributed by atoms with Crippen molar-refractivity contribution in [2.45, 2.75) is 78.3 Å². The maximum absolute atomic E-state index is 2.42. The first-order valence-electron chi connectivity index (χ1n) is 6.08. The average molecular weight is 184 g/mol. The van der Waals surface area contributed by atoms with Gasteiger partial charge in [-0.1, -0.05) is 78.3 Å². The lowest BCUT2D eigenvalue weighted by Gasteiger charge is -2.30. The lowest BCUT2D eigenvalue weighted by Crippen LogP contribution is -2.28. The van der Waals surface area contributed by atoms with Crippen LogP contribution < -0.4 is 0 Å². The molecule has 0 aliphatic heterocycles. The van der Waals surface area contributed by atoms with Crippen LogP contribution in [0.25, 0.3) is 0 Å². The third-order valence-electron chi connectivity index (χ3n) is 3.90. The van der Waals surface area contributed by atoms with Crippen LogP contribution >= 0.6 is 0 Å². The summed E-state index contributed by atoms with van der Waals surface area (Å²) in [6.07, 6.45) is 4.00. The van der Waals surface area contributed by atoms with Crippen LogP contribution in [0.3, 0.4) is 0 Å². The Morgan fingerprint density at radius 1 is 0.769 bits per heavy atom. The summed E-state index contributed by atoms with van der Waals surface area (Å²) in [6.45, 7) is 15.2. The van der Waals surface area contributed by atoms with Crippen LogP contribution in [-0.2, 0) is 0 Å². The zero-order valence-electron chi connectivity index (χ0n) is 10.4. The molecular weight excluding hydrogens is 155 g/mol. The summed E-state index contributed by atoms with van der Waals surface area (Å²) in [5, 5.41) is 0. The van der Waals surface area contributed by atoms with Crippen molar-refractivity contribution in [2.24, 2.45) is 0 Å². The van der Waals surface area contributed by atoms with Crippen LogP contribution in [0.2, 0.25) is 17.5 Å². The molecule has 0 aliphatic rings. The lowest BCUT2D eigenvalue weighted by molar-refractivity contribution is 0.720. The van der Waals surface area contributed by atoms with Gasteiger partial charge in [0.2, 0.25) is 0 Å². The van der Waals surface area contributed by atoms with E-state index < -0.39 is 0 Å². The monoisotopic (exact) mass is 184 g/mol. The summed E-state index contributed by atoms with van der Waals surface area (Å²) in [4.78, 5) is 0. The van der Waals surface area contributed by atoms with Gasteiger partial charge in [0.15, 0.2) is 0 Å². The van der Waals surface area contributed by atoms with Crippen LogP contribution in [0.4, 0.5) is 0 Å². The Balaban J connectivity index is 0. The van der Waals surface area contributed by atoms with Crippen molar-refractivity contribution >= 4 is 6.71 Å². The SMILES string of the molecule is CCC(C)B(C(C)CC)C(C)CC.[HH]. The van der Waals surface area contributed by atoms with Gasteiger partial charge in [-0.3, -0.25) is 0 Å². The molecule has 0 aromatic rings. The molecule has 0 aromatic carbocycles. The predicted molar refractivity (Wildman–Crippen MR) is 67.0 cm³/mol. The quantitative estimate of drug-likeness (QED) is 0.502. The Bertz CT molecular complexity index is 104. The van der Waals surface area contributed by atoms with E-state index in [2.05, 4.69) is 41.5 Å². The van der Waals surface area contributed by atoms with Crippen molar-refractivity contribution in [2.75, 3.05) is 0 Å². The second kappa shape index (κ2) is 6.51. The summed E-state index contributed by atoms with van der Waals surface area (Å²) in [6, 6.07) is 0. The van der Waals surface area contributed by atoms with Gasteiger partial charge in [-0.2, -0.15) is 0 Å². The van der Waals surface area contributed by atoms with Gasteiger partial charge in [0.1, 0.15) is 6.71 Å². The molecule has 0 aromatic heterocycles. The Morgan fingerprint density at radius 2 is 1.00 bits per heavy atom. The van der Waals surface area contributed by atoms with E-state index in [1.807, 2.05) is 0 Å². The Hall–Kier alpha value is 0.0649. The number of hydrogen-bond acceptors (Lipinski definition) is 0. The highest BCUT2D eigenvalue weighted by Gasteiger charge is 2.29. The molecular formula is C12H29B. The largest absolute Gasteiger partial charge is 0.148 e. The first kappa shape index (κ1) is 13.1. The molecule has 1 heteroatoms. The van der Waals surface area contributed by atoms with Gasteiger partial charge in [0.25, 0.3) is 0 Å². The second-order valence-electron chi connectivity index (χ2n) is 4.73. The second-order valence-corrected chi connectivity index (χ2v) is 4.73. The topological polar surface area (TPSA) is 0 Å². The van der Waals surface area contributed by atoms with Crippen molar-refractivity contribution in [1.82, 2.24) is 0 Å². The molecule has 0 saturated heterocycles. The minimum Gasteiger partial charge on any atom is -0.0691 e. The van der Waals surface area contributed by atoms with E-state index in [4.69, 9.17) is 0 Å². The Morgan fingerprint density at radius 3 is 1.15 bits per heavy atom. The molecule has 13 heavy (non-hydrogen) atoms. The minimum absolute atomic E-state index is 0. The van der Waals surface area contributed by atoms with Crippen LogP contribution in [-0.4, -0.2) is 6.71 Å². The van der Waals surface area contributed by atoms with Crippen molar-refractivity contribution in [3.63, 3.8) is 0 Å². The third kappa shape index (κ3) is 3.75. The third-order valence-corrected chi connectivity index (χ3v) is 3.90. The fourth-order valence-electron chi connectivity index (χ4n) is 2.50. The molecule has 3 atom stereocenters. The van der Waals surface area contributed by atoms with Crippen LogP contribution in [0.5, 0.6) is 0 Å². The van der Waals surface area contributed by atoms with Crippen molar-refractivity contribution in [1.29, 1.82) is 0 Å². The van der Waals surface area contributed by atoms with E-state index in [1.54, 1.807) is 0 Å². The summed E-state index contributed by atoms with van der Waals surface area (Å²) in [5.41, 5.74) is 0. The van der Waals surface area contributed by atoms with E-state index in [9.17, 15) is 0 Å². The molecule has 0 rings (SSSR count). The van der Waals surface area contributed by atoms with Gasteiger partial charge in [-0.25, -0.2) is 0 Å². The van der Waals surface area contributed by atoms with Gasteiger partial charge in [0.05, 0.1) is 0 Å². The Labute approximate surface area is 87.1 Å². The van der Waals surface area contributed by atoms with Gasteiger partial charge >= 0.3 is 0 Å². The van der Waals surface area contributed by atoms with E-state index >= 15 is 0 Å². The van der Waals surface area contributed by atoms with E-state index in [0.717, 1.165) is 24.2 Å². The fraction of sp³-hybridized carbons (Fsp3) is 1.00. The highest BCUT2D eigenvalue weighted by molar-refractivity contribution is 6.63. The van der Waals surface area contributed by atoms with Crippen molar-refractivity contribution in [3.05, 3.63) is 0 Å². The van der Waals surface area contributed by atoms with Crippen molar-refractivity contribution in [3.8, 4) is 0 Å². The van der Waals surface area contributed by atoms with Gasteiger partial charge < -0.3 is 0 Å². The molecule has 0 nitrogen and oxygen atoms in total. The Kier molecular flexibility index (Phi) is 6.54.